The van der Waals surface area contributed by atoms with Crippen LogP contribution in [-0.2, 0) is 6.42 Å². The van der Waals surface area contributed by atoms with Crippen LogP contribution >= 0.6 is 0 Å². The molecule has 0 bridgehead atoms. The molecule has 2 rings (SSSR count). The van der Waals surface area contributed by atoms with E-state index in [1.807, 2.05) is 31.1 Å². The molecule has 2 aromatic rings. The first-order valence-corrected chi connectivity index (χ1v) is 6.16. The van der Waals surface area contributed by atoms with E-state index in [1.165, 1.54) is 12.1 Å². The van der Waals surface area contributed by atoms with Crippen molar-refractivity contribution in [3.8, 4) is 0 Å². The topological polar surface area (TPSA) is 41.1 Å². The van der Waals surface area contributed by atoms with E-state index < -0.39 is 0 Å². The van der Waals surface area contributed by atoms with E-state index in [2.05, 4.69) is 15.3 Å². The lowest BCUT2D eigenvalue weighted by Gasteiger charge is -2.18. The lowest BCUT2D eigenvalue weighted by molar-refractivity contribution is 0.628. The molecule has 0 aliphatic carbocycles. The molecule has 1 aromatic heterocycles. The van der Waals surface area contributed by atoms with Crippen LogP contribution in [0.2, 0.25) is 0 Å². The Hall–Kier alpha value is -2.01. The molecule has 4 nitrogen and oxygen atoms in total. The molecule has 0 spiro atoms. The summed E-state index contributed by atoms with van der Waals surface area (Å²) in [4.78, 5) is 10.5. The van der Waals surface area contributed by atoms with Crippen LogP contribution in [0, 0.1) is 5.82 Å². The van der Waals surface area contributed by atoms with Gasteiger partial charge in [-0.3, -0.25) is 0 Å². The third-order valence-electron chi connectivity index (χ3n) is 2.83. The lowest BCUT2D eigenvalue weighted by Crippen LogP contribution is -2.15. The molecular weight excluding hydrogens is 243 g/mol. The smallest absolute Gasteiger partial charge is 0.136 e. The summed E-state index contributed by atoms with van der Waals surface area (Å²) in [7, 11) is 3.75. The molecule has 0 amide bonds. The Balaban J connectivity index is 2.21. The van der Waals surface area contributed by atoms with Gasteiger partial charge in [-0.2, -0.15) is 0 Å². The number of benzene rings is 1. The largest absolute Gasteiger partial charge is 0.329 e. The van der Waals surface area contributed by atoms with Crippen LogP contribution in [0.3, 0.4) is 0 Å². The number of aromatic nitrogens is 2. The van der Waals surface area contributed by atoms with Gasteiger partial charge < -0.3 is 10.2 Å². The summed E-state index contributed by atoms with van der Waals surface area (Å²) in [5.74, 6) is 1.27. The molecular formula is C14H17FN4. The summed E-state index contributed by atoms with van der Waals surface area (Å²) >= 11 is 0. The van der Waals surface area contributed by atoms with Crippen LogP contribution in [0.15, 0.2) is 36.5 Å². The van der Waals surface area contributed by atoms with Crippen LogP contribution in [0.25, 0.3) is 0 Å². The van der Waals surface area contributed by atoms with Crippen LogP contribution in [-0.4, -0.2) is 30.6 Å². The van der Waals surface area contributed by atoms with Gasteiger partial charge in [-0.15, -0.1) is 0 Å². The zero-order valence-corrected chi connectivity index (χ0v) is 11.1. The molecule has 0 radical (unpaired) electrons. The minimum Gasteiger partial charge on any atom is -0.329 e. The number of anilines is 2. The monoisotopic (exact) mass is 260 g/mol. The lowest BCUT2D eigenvalue weighted by atomic mass is 10.3. The Morgan fingerprint density at radius 1 is 1.32 bits per heavy atom. The van der Waals surface area contributed by atoms with E-state index in [-0.39, 0.29) is 5.82 Å². The summed E-state index contributed by atoms with van der Waals surface area (Å²) in [5.41, 5.74) is 0.762. The summed E-state index contributed by atoms with van der Waals surface area (Å²) in [6.45, 7) is 0.827. The maximum atomic E-state index is 13.2. The van der Waals surface area contributed by atoms with Gasteiger partial charge in [-0.25, -0.2) is 14.4 Å². The van der Waals surface area contributed by atoms with Crippen molar-refractivity contribution in [3.63, 3.8) is 0 Å². The summed E-state index contributed by atoms with van der Waals surface area (Å²) in [6, 6.07) is 8.25. The number of halogens is 1. The molecule has 0 saturated carbocycles. The Labute approximate surface area is 112 Å². The fourth-order valence-electron chi connectivity index (χ4n) is 1.75. The second-order valence-electron chi connectivity index (χ2n) is 4.22. The number of nitrogens with one attached hydrogen (secondary N) is 1. The highest BCUT2D eigenvalue weighted by Gasteiger charge is 2.07. The van der Waals surface area contributed by atoms with Crippen LogP contribution in [0.1, 0.15) is 5.82 Å². The first kappa shape index (κ1) is 13.4. The molecule has 1 N–H and O–H groups in total. The van der Waals surface area contributed by atoms with Crippen molar-refractivity contribution in [3.05, 3.63) is 48.2 Å². The van der Waals surface area contributed by atoms with Crippen LogP contribution in [0.5, 0.6) is 0 Å². The summed E-state index contributed by atoms with van der Waals surface area (Å²) < 4.78 is 13.2. The van der Waals surface area contributed by atoms with E-state index >= 15 is 0 Å². The normalized spacial score (nSPS) is 10.5. The third kappa shape index (κ3) is 3.48. The zero-order valence-electron chi connectivity index (χ0n) is 11.1. The van der Waals surface area contributed by atoms with Gasteiger partial charge in [0.15, 0.2) is 0 Å². The molecule has 0 saturated heterocycles. The molecule has 0 aliphatic rings. The van der Waals surface area contributed by atoms with E-state index in [9.17, 15) is 4.39 Å². The molecule has 1 heterocycles. The van der Waals surface area contributed by atoms with Gasteiger partial charge in [0, 0.05) is 31.9 Å². The fourth-order valence-corrected chi connectivity index (χ4v) is 1.75. The number of hydrogen-bond acceptors (Lipinski definition) is 4. The van der Waals surface area contributed by atoms with E-state index in [0.717, 1.165) is 30.3 Å². The van der Waals surface area contributed by atoms with Crippen LogP contribution in [0.4, 0.5) is 15.9 Å². The molecule has 0 atom stereocenters. The van der Waals surface area contributed by atoms with Crippen molar-refractivity contribution in [2.75, 3.05) is 25.5 Å². The van der Waals surface area contributed by atoms with Gasteiger partial charge >= 0.3 is 0 Å². The summed E-state index contributed by atoms with van der Waals surface area (Å²) in [5, 5.41) is 3.06. The highest BCUT2D eigenvalue weighted by Crippen LogP contribution is 2.21. The average molecular weight is 260 g/mol. The highest BCUT2D eigenvalue weighted by atomic mass is 19.1. The molecule has 0 fully saturated rings. The highest BCUT2D eigenvalue weighted by molar-refractivity contribution is 5.58. The van der Waals surface area contributed by atoms with Gasteiger partial charge in [0.2, 0.25) is 0 Å². The predicted molar refractivity (Wildman–Crippen MR) is 74.1 cm³/mol. The Kier molecular flexibility index (Phi) is 4.41. The quantitative estimate of drug-likeness (QED) is 0.894. The number of likely N-dealkylation sites (N-methyl/N-ethyl adjacent to an activating group) is 1. The standard InChI is InChI=1S/C14H17FN4/c1-16-8-6-13-17-9-7-14(18-13)19(2)12-5-3-4-11(15)10-12/h3-5,7,9-10,16H,6,8H2,1-2H3. The Bertz CT molecular complexity index is 544. The number of hydrogen-bond donors (Lipinski definition) is 1. The first-order chi connectivity index (χ1) is 9.20. The number of nitrogens with zero attached hydrogens (tertiary/aromatic N) is 3. The minimum atomic E-state index is -0.256. The molecule has 0 unspecified atom stereocenters. The number of rotatable bonds is 5. The van der Waals surface area contributed by atoms with Crippen molar-refractivity contribution >= 4 is 11.5 Å². The van der Waals surface area contributed by atoms with Gasteiger partial charge in [0.25, 0.3) is 0 Å². The molecule has 1 aromatic carbocycles. The maximum absolute atomic E-state index is 13.2. The van der Waals surface area contributed by atoms with Gasteiger partial charge in [0.1, 0.15) is 17.5 Å². The van der Waals surface area contributed by atoms with E-state index in [0.29, 0.717) is 0 Å². The van der Waals surface area contributed by atoms with E-state index in [1.54, 1.807) is 12.3 Å². The van der Waals surface area contributed by atoms with Crippen molar-refractivity contribution < 1.29 is 4.39 Å². The van der Waals surface area contributed by atoms with E-state index in [4.69, 9.17) is 0 Å². The second-order valence-corrected chi connectivity index (χ2v) is 4.22. The first-order valence-electron chi connectivity index (χ1n) is 6.16. The van der Waals surface area contributed by atoms with Crippen molar-refractivity contribution in [1.29, 1.82) is 0 Å². The fraction of sp³-hybridized carbons (Fsp3) is 0.286. The third-order valence-corrected chi connectivity index (χ3v) is 2.83. The van der Waals surface area contributed by atoms with Gasteiger partial charge in [-0.1, -0.05) is 6.07 Å². The Morgan fingerprint density at radius 3 is 2.89 bits per heavy atom. The van der Waals surface area contributed by atoms with Crippen molar-refractivity contribution in [2.45, 2.75) is 6.42 Å². The maximum Gasteiger partial charge on any atom is 0.136 e. The Morgan fingerprint density at radius 2 is 2.16 bits per heavy atom. The van der Waals surface area contributed by atoms with Gasteiger partial charge in [-0.05, 0) is 31.3 Å². The SMILES string of the molecule is CNCCc1nccc(N(C)c2cccc(F)c2)n1. The van der Waals surface area contributed by atoms with Crippen molar-refractivity contribution in [1.82, 2.24) is 15.3 Å². The van der Waals surface area contributed by atoms with Crippen molar-refractivity contribution in [2.24, 2.45) is 0 Å². The van der Waals surface area contributed by atoms with Gasteiger partial charge in [0.05, 0.1) is 0 Å². The zero-order chi connectivity index (χ0) is 13.7. The molecule has 100 valence electrons. The molecule has 19 heavy (non-hydrogen) atoms. The minimum absolute atomic E-state index is 0.256. The predicted octanol–water partition coefficient (Wildman–Crippen LogP) is 2.15. The van der Waals surface area contributed by atoms with Crippen LogP contribution < -0.4 is 10.2 Å². The average Bonchev–Trinajstić information content (AvgIpc) is 2.44. The molecule has 0 aliphatic heterocycles. The summed E-state index contributed by atoms with van der Waals surface area (Å²) in [6.07, 6.45) is 2.49. The second kappa shape index (κ2) is 6.24. The molecule has 5 heteroatoms.